The summed E-state index contributed by atoms with van der Waals surface area (Å²) in [6.07, 6.45) is 17.4. The van der Waals surface area contributed by atoms with Crippen LogP contribution in [0.5, 0.6) is 0 Å². The van der Waals surface area contributed by atoms with Crippen molar-refractivity contribution in [3.63, 3.8) is 0 Å². The summed E-state index contributed by atoms with van der Waals surface area (Å²) in [7, 11) is 0. The van der Waals surface area contributed by atoms with Crippen molar-refractivity contribution in [1.29, 1.82) is 0 Å². The minimum Gasteiger partial charge on any atom is -0.323 e. The van der Waals surface area contributed by atoms with Crippen LogP contribution in [0.2, 0.25) is 0 Å². The molecule has 0 amide bonds. The maximum Gasteiger partial charge on any atom is 0.111 e. The van der Waals surface area contributed by atoms with Crippen molar-refractivity contribution in [2.45, 2.75) is 56.7 Å². The first-order chi connectivity index (χ1) is 11.2. The van der Waals surface area contributed by atoms with Crippen LogP contribution in [0.4, 0.5) is 4.39 Å². The molecule has 0 radical (unpaired) electrons. The Labute approximate surface area is 138 Å². The van der Waals surface area contributed by atoms with E-state index < -0.39 is 5.67 Å². The Balaban J connectivity index is 1.84. The minimum atomic E-state index is -0.983. The number of allylic oxidation sites excluding steroid dienone is 6. The number of hydrogen-bond donors (Lipinski definition) is 0. The van der Waals surface area contributed by atoms with Crippen LogP contribution in [-0.2, 0) is 0 Å². The SMILES string of the molecule is C=C/C=C\C1=C(C=C)c2cncn2C1CCC1(F)CCCCC1. The van der Waals surface area contributed by atoms with Crippen LogP contribution < -0.4 is 0 Å². The Kier molecular flexibility index (Phi) is 4.65. The van der Waals surface area contributed by atoms with Crippen LogP contribution in [0.1, 0.15) is 56.7 Å². The van der Waals surface area contributed by atoms with Crippen LogP contribution in [-0.4, -0.2) is 15.2 Å². The van der Waals surface area contributed by atoms with Gasteiger partial charge in [-0.3, -0.25) is 0 Å². The standard InChI is InChI=1S/C20H25FN2/c1-3-5-9-17-16(4-2)19-14-22-15-23(19)18(17)10-13-20(21)11-7-6-8-12-20/h3-5,9,14-15,18H,1-2,6-8,10-13H2/b9-5-. The van der Waals surface area contributed by atoms with Crippen LogP contribution in [0.3, 0.4) is 0 Å². The van der Waals surface area contributed by atoms with Crippen molar-refractivity contribution in [3.05, 3.63) is 61.3 Å². The monoisotopic (exact) mass is 312 g/mol. The summed E-state index contributed by atoms with van der Waals surface area (Å²) >= 11 is 0. The van der Waals surface area contributed by atoms with Gasteiger partial charge in [0.2, 0.25) is 0 Å². The molecule has 3 rings (SSSR count). The first kappa shape index (κ1) is 16.0. The molecule has 1 saturated carbocycles. The van der Waals surface area contributed by atoms with E-state index >= 15 is 0 Å². The van der Waals surface area contributed by atoms with Crippen molar-refractivity contribution in [3.8, 4) is 0 Å². The van der Waals surface area contributed by atoms with Crippen molar-refractivity contribution in [1.82, 2.24) is 9.55 Å². The predicted molar refractivity (Wildman–Crippen MR) is 93.9 cm³/mol. The number of rotatable bonds is 6. The molecule has 2 heterocycles. The molecule has 0 spiro atoms. The Morgan fingerprint density at radius 2 is 2.09 bits per heavy atom. The van der Waals surface area contributed by atoms with Crippen LogP contribution in [0, 0.1) is 0 Å². The highest BCUT2D eigenvalue weighted by atomic mass is 19.1. The Morgan fingerprint density at radius 1 is 1.30 bits per heavy atom. The summed E-state index contributed by atoms with van der Waals surface area (Å²) in [6, 6.07) is 0.145. The summed E-state index contributed by atoms with van der Waals surface area (Å²) in [5.74, 6) is 0. The van der Waals surface area contributed by atoms with Gasteiger partial charge in [-0.1, -0.05) is 56.7 Å². The summed E-state index contributed by atoms with van der Waals surface area (Å²) in [5, 5.41) is 0. The van der Waals surface area contributed by atoms with E-state index in [-0.39, 0.29) is 6.04 Å². The van der Waals surface area contributed by atoms with E-state index in [1.807, 2.05) is 24.7 Å². The molecule has 3 heteroatoms. The smallest absolute Gasteiger partial charge is 0.111 e. The normalized spacial score (nSPS) is 23.3. The summed E-state index contributed by atoms with van der Waals surface area (Å²) < 4.78 is 17.1. The number of imidazole rings is 1. The van der Waals surface area contributed by atoms with Gasteiger partial charge in [-0.05, 0) is 31.3 Å². The van der Waals surface area contributed by atoms with E-state index in [2.05, 4.69) is 28.8 Å². The fraction of sp³-hybridized carbons (Fsp3) is 0.450. The van der Waals surface area contributed by atoms with Crippen LogP contribution in [0.25, 0.3) is 5.57 Å². The number of hydrogen-bond acceptors (Lipinski definition) is 1. The fourth-order valence-corrected chi connectivity index (χ4v) is 3.96. The average molecular weight is 312 g/mol. The average Bonchev–Trinajstić information content (AvgIpc) is 3.12. The van der Waals surface area contributed by atoms with Crippen molar-refractivity contribution < 1.29 is 4.39 Å². The second kappa shape index (κ2) is 6.69. The molecule has 1 atom stereocenters. The molecular formula is C20H25FN2. The molecule has 23 heavy (non-hydrogen) atoms. The van der Waals surface area contributed by atoms with E-state index in [0.717, 1.165) is 30.5 Å². The van der Waals surface area contributed by atoms with E-state index in [1.54, 1.807) is 6.08 Å². The molecule has 0 aromatic carbocycles. The molecule has 0 saturated heterocycles. The van der Waals surface area contributed by atoms with Gasteiger partial charge in [-0.2, -0.15) is 0 Å². The molecule has 1 aromatic rings. The van der Waals surface area contributed by atoms with Gasteiger partial charge < -0.3 is 4.57 Å². The largest absolute Gasteiger partial charge is 0.323 e. The maximum absolute atomic E-state index is 15.0. The Morgan fingerprint density at radius 3 is 2.78 bits per heavy atom. The lowest BCUT2D eigenvalue weighted by Crippen LogP contribution is -2.27. The zero-order valence-corrected chi connectivity index (χ0v) is 13.7. The highest BCUT2D eigenvalue weighted by molar-refractivity contribution is 5.79. The van der Waals surface area contributed by atoms with E-state index in [4.69, 9.17) is 0 Å². The van der Waals surface area contributed by atoms with Gasteiger partial charge in [0.25, 0.3) is 0 Å². The third-order valence-electron chi connectivity index (χ3n) is 5.18. The minimum absolute atomic E-state index is 0.145. The van der Waals surface area contributed by atoms with Gasteiger partial charge in [0, 0.05) is 5.57 Å². The van der Waals surface area contributed by atoms with Crippen molar-refractivity contribution >= 4 is 5.57 Å². The van der Waals surface area contributed by atoms with E-state index in [0.29, 0.717) is 19.3 Å². The van der Waals surface area contributed by atoms with Gasteiger partial charge >= 0.3 is 0 Å². The molecule has 0 bridgehead atoms. The predicted octanol–water partition coefficient (Wildman–Crippen LogP) is 5.57. The van der Waals surface area contributed by atoms with Crippen LogP contribution >= 0.6 is 0 Å². The first-order valence-corrected chi connectivity index (χ1v) is 8.55. The molecule has 1 aromatic heterocycles. The quantitative estimate of drug-likeness (QED) is 0.628. The maximum atomic E-state index is 15.0. The first-order valence-electron chi connectivity index (χ1n) is 8.55. The lowest BCUT2D eigenvalue weighted by molar-refractivity contribution is 0.0902. The van der Waals surface area contributed by atoms with Crippen molar-refractivity contribution in [2.24, 2.45) is 0 Å². The summed E-state index contributed by atoms with van der Waals surface area (Å²) in [4.78, 5) is 4.26. The van der Waals surface area contributed by atoms with Gasteiger partial charge in [-0.25, -0.2) is 9.37 Å². The van der Waals surface area contributed by atoms with E-state index in [9.17, 15) is 4.39 Å². The highest BCUT2D eigenvalue weighted by Crippen LogP contribution is 2.43. The zero-order chi connectivity index (χ0) is 16.3. The summed E-state index contributed by atoms with van der Waals surface area (Å²) in [5.41, 5.74) is 2.38. The van der Waals surface area contributed by atoms with Gasteiger partial charge in [-0.15, -0.1) is 0 Å². The lowest BCUT2D eigenvalue weighted by atomic mass is 9.81. The number of alkyl halides is 1. The molecule has 122 valence electrons. The third kappa shape index (κ3) is 3.10. The number of aromatic nitrogens is 2. The van der Waals surface area contributed by atoms with Gasteiger partial charge in [0.05, 0.1) is 24.3 Å². The molecular weight excluding hydrogens is 287 g/mol. The molecule has 2 nitrogen and oxygen atoms in total. The number of fused-ring (bicyclic) bond motifs is 1. The molecule has 1 aliphatic carbocycles. The topological polar surface area (TPSA) is 17.8 Å². The van der Waals surface area contributed by atoms with Gasteiger partial charge in [0.1, 0.15) is 5.67 Å². The fourth-order valence-electron chi connectivity index (χ4n) is 3.96. The Hall–Kier alpha value is -1.90. The highest BCUT2D eigenvalue weighted by Gasteiger charge is 2.35. The molecule has 2 aliphatic rings. The number of nitrogens with zero attached hydrogens (tertiary/aromatic N) is 2. The Bertz CT molecular complexity index is 644. The molecule has 1 aliphatic heterocycles. The zero-order valence-electron chi connectivity index (χ0n) is 13.7. The second-order valence-corrected chi connectivity index (χ2v) is 6.62. The lowest BCUT2D eigenvalue weighted by Gasteiger charge is -2.31. The van der Waals surface area contributed by atoms with Crippen molar-refractivity contribution in [2.75, 3.05) is 0 Å². The third-order valence-corrected chi connectivity index (χ3v) is 5.18. The second-order valence-electron chi connectivity index (χ2n) is 6.62. The molecule has 1 fully saturated rings. The van der Waals surface area contributed by atoms with Crippen LogP contribution in [0.15, 0.2) is 55.6 Å². The summed E-state index contributed by atoms with van der Waals surface area (Å²) in [6.45, 7) is 7.70. The molecule has 1 unspecified atom stereocenters. The molecule has 0 N–H and O–H groups in total. The van der Waals surface area contributed by atoms with E-state index in [1.165, 1.54) is 12.0 Å². The number of halogens is 1. The van der Waals surface area contributed by atoms with Gasteiger partial charge in [0.15, 0.2) is 0 Å².